The monoisotopic (exact) mass is 648 g/mol. The number of carbonyl (C=O) groups is 3. The van der Waals surface area contributed by atoms with Gasteiger partial charge in [-0.25, -0.2) is 9.79 Å². The number of hydrogen-bond donors (Lipinski definition) is 3. The Morgan fingerprint density at radius 1 is 1.09 bits per heavy atom. The Hall–Kier alpha value is -3.80. The molecule has 0 aromatic heterocycles. The number of β-amino-alcohol motifs (C(OH)–C–C–N with tert-alkyl or cyclic N) is 1. The largest absolute Gasteiger partial charge is 0.465 e. The summed E-state index contributed by atoms with van der Waals surface area (Å²) in [6.45, 7) is 15.7. The number of hydrogen-bond acceptors (Lipinski definition) is 6. The average Bonchev–Trinajstić information content (AvgIpc) is 3.35. The minimum atomic E-state index is -1.89. The predicted octanol–water partition coefficient (Wildman–Crippen LogP) is 6.30. The second-order valence-electron chi connectivity index (χ2n) is 13.6. The van der Waals surface area contributed by atoms with Crippen molar-refractivity contribution in [2.24, 2.45) is 4.99 Å². The number of amidine groups is 1. The van der Waals surface area contributed by atoms with E-state index in [1.807, 2.05) is 48.2 Å². The third-order valence-electron chi connectivity index (χ3n) is 9.04. The highest BCUT2D eigenvalue weighted by atomic mass is 28.4. The summed E-state index contributed by atoms with van der Waals surface area (Å²) in [5, 5.41) is 21.8. The lowest BCUT2D eigenvalue weighted by molar-refractivity contribution is -0.127. The average molecular weight is 649 g/mol. The van der Waals surface area contributed by atoms with Crippen molar-refractivity contribution < 1.29 is 29.0 Å². The molecule has 2 aromatic carbocycles. The number of carbonyl (C=O) groups excluding carboxylic acids is 2. The molecule has 0 radical (unpaired) electrons. The lowest BCUT2D eigenvalue weighted by Gasteiger charge is -2.36. The maximum Gasteiger partial charge on any atom is 0.410 e. The normalized spacial score (nSPS) is 16.7. The fourth-order valence-electron chi connectivity index (χ4n) is 5.38. The van der Waals surface area contributed by atoms with Crippen molar-refractivity contribution in [1.29, 1.82) is 0 Å². The van der Waals surface area contributed by atoms with E-state index in [4.69, 9.17) is 4.43 Å². The van der Waals surface area contributed by atoms with Crippen LogP contribution >= 0.6 is 0 Å². The zero-order valence-electron chi connectivity index (χ0n) is 27.9. The van der Waals surface area contributed by atoms with Gasteiger partial charge >= 0.3 is 6.09 Å². The molecule has 11 heteroatoms. The molecule has 2 heterocycles. The third-order valence-corrected chi connectivity index (χ3v) is 13.6. The topological polar surface area (TPSA) is 132 Å². The Labute approximate surface area is 273 Å². The summed E-state index contributed by atoms with van der Waals surface area (Å²) in [4.78, 5) is 46.5. The summed E-state index contributed by atoms with van der Waals surface area (Å²) in [7, 11) is -1.89. The first-order valence-corrected chi connectivity index (χ1v) is 19.0. The molecule has 1 fully saturated rings. The van der Waals surface area contributed by atoms with Gasteiger partial charge in [0.2, 0.25) is 5.91 Å². The lowest BCUT2D eigenvalue weighted by Crippen LogP contribution is -2.41. The molecule has 2 aromatic rings. The van der Waals surface area contributed by atoms with Crippen molar-refractivity contribution in [3.63, 3.8) is 0 Å². The van der Waals surface area contributed by atoms with E-state index < -0.39 is 20.5 Å². The molecule has 0 bridgehead atoms. The standard InChI is InChI=1S/C35H48N4O6Si/c1-7-16-38(17-8-19-45-46(5,6)35(2,3)4)33(42)28-20-27-14-13-26(21-30(27)36-31(22-28)37-34(43)44)24-9-11-25(12-10-24)32(41)39-18-15-29(40)23-39/h9-14,20-21,29,40H,7-8,15-19,22-23H2,1-6H3,(H,36,37)(H,43,44). The van der Waals surface area contributed by atoms with E-state index in [9.17, 15) is 24.6 Å². The van der Waals surface area contributed by atoms with Crippen LogP contribution in [0.1, 0.15) is 69.3 Å². The molecule has 2 aliphatic heterocycles. The van der Waals surface area contributed by atoms with Gasteiger partial charge in [0.1, 0.15) is 5.84 Å². The number of nitrogens with one attached hydrogen (secondary N) is 1. The molecule has 0 aliphatic carbocycles. The minimum Gasteiger partial charge on any atom is -0.465 e. The van der Waals surface area contributed by atoms with E-state index in [0.29, 0.717) is 68.0 Å². The number of carboxylic acid groups (broad SMARTS) is 1. The van der Waals surface area contributed by atoms with E-state index in [0.717, 1.165) is 17.5 Å². The van der Waals surface area contributed by atoms with Crippen LogP contribution in [0.3, 0.4) is 0 Å². The quantitative estimate of drug-likeness (QED) is 0.205. The number of aliphatic hydroxyl groups excluding tert-OH is 1. The first kappa shape index (κ1) is 35.1. The van der Waals surface area contributed by atoms with Crippen LogP contribution in [0, 0.1) is 0 Å². The van der Waals surface area contributed by atoms with Gasteiger partial charge in [-0.2, -0.15) is 0 Å². The van der Waals surface area contributed by atoms with Gasteiger partial charge in [0.15, 0.2) is 8.32 Å². The summed E-state index contributed by atoms with van der Waals surface area (Å²) in [5.74, 6) is -0.0761. The number of nitrogens with zero attached hydrogens (tertiary/aromatic N) is 3. The molecule has 2 aliphatic rings. The smallest absolute Gasteiger partial charge is 0.410 e. The van der Waals surface area contributed by atoms with Crippen LogP contribution in [0.2, 0.25) is 18.1 Å². The van der Waals surface area contributed by atoms with Crippen LogP contribution in [0.25, 0.3) is 17.2 Å². The van der Waals surface area contributed by atoms with Crippen LogP contribution in [-0.4, -0.2) is 91.0 Å². The number of amides is 3. The molecule has 1 atom stereocenters. The number of aliphatic hydroxyl groups is 1. The molecule has 1 saturated heterocycles. The second-order valence-corrected chi connectivity index (χ2v) is 18.4. The highest BCUT2D eigenvalue weighted by Crippen LogP contribution is 2.37. The van der Waals surface area contributed by atoms with Gasteiger partial charge in [-0.1, -0.05) is 52.0 Å². The fraction of sp³-hybridized carbons (Fsp3) is 0.486. The molecule has 248 valence electrons. The summed E-state index contributed by atoms with van der Waals surface area (Å²) in [6, 6.07) is 12.9. The minimum absolute atomic E-state index is 0.0534. The van der Waals surface area contributed by atoms with Gasteiger partial charge < -0.3 is 24.4 Å². The van der Waals surface area contributed by atoms with E-state index in [2.05, 4.69) is 44.2 Å². The number of rotatable bonds is 10. The van der Waals surface area contributed by atoms with Gasteiger partial charge in [-0.3, -0.25) is 14.9 Å². The van der Waals surface area contributed by atoms with Gasteiger partial charge in [0, 0.05) is 55.9 Å². The first-order chi connectivity index (χ1) is 21.7. The van der Waals surface area contributed by atoms with Gasteiger partial charge in [-0.05, 0) is 72.8 Å². The molecule has 4 rings (SSSR count). The first-order valence-electron chi connectivity index (χ1n) is 16.1. The maximum absolute atomic E-state index is 13.9. The number of likely N-dealkylation sites (tertiary alicyclic amines) is 1. The number of fused-ring (bicyclic) bond motifs is 1. The van der Waals surface area contributed by atoms with Gasteiger partial charge in [0.05, 0.1) is 11.8 Å². The summed E-state index contributed by atoms with van der Waals surface area (Å²) in [6.07, 6.45) is 2.23. The Morgan fingerprint density at radius 3 is 2.39 bits per heavy atom. The lowest BCUT2D eigenvalue weighted by atomic mass is 9.99. The number of benzene rings is 2. The SMILES string of the molecule is CCCN(CCCO[Si](C)(C)C(C)(C)C)C(=O)C1=Cc2ccc(-c3ccc(C(=O)N4CCC(O)C4)cc3)cc2N=C(NC(=O)O)C1. The summed E-state index contributed by atoms with van der Waals surface area (Å²) in [5.41, 5.74) is 3.97. The zero-order chi connectivity index (χ0) is 33.6. The van der Waals surface area contributed by atoms with Gasteiger partial charge in [-0.15, -0.1) is 0 Å². The molecular formula is C35H48N4O6Si. The van der Waals surface area contributed by atoms with Gasteiger partial charge in [0.25, 0.3) is 5.91 Å². The van der Waals surface area contributed by atoms with Crippen molar-refractivity contribution >= 4 is 43.8 Å². The van der Waals surface area contributed by atoms with E-state index in [1.165, 1.54) is 0 Å². The second kappa shape index (κ2) is 14.7. The van der Waals surface area contributed by atoms with E-state index in [-0.39, 0.29) is 29.1 Å². The van der Waals surface area contributed by atoms with Crippen molar-refractivity contribution in [1.82, 2.24) is 15.1 Å². The molecule has 0 spiro atoms. The van der Waals surface area contributed by atoms with E-state index >= 15 is 0 Å². The molecule has 3 amide bonds. The number of aliphatic imine (C=N–C) groups is 1. The Kier molecular flexibility index (Phi) is 11.2. The molecular weight excluding hydrogens is 600 g/mol. The van der Waals surface area contributed by atoms with Crippen molar-refractivity contribution in [3.05, 3.63) is 59.2 Å². The van der Waals surface area contributed by atoms with Crippen molar-refractivity contribution in [3.8, 4) is 11.1 Å². The third kappa shape index (κ3) is 8.71. The highest BCUT2D eigenvalue weighted by Gasteiger charge is 2.37. The van der Waals surface area contributed by atoms with Crippen LogP contribution in [0.4, 0.5) is 10.5 Å². The molecule has 10 nitrogen and oxygen atoms in total. The van der Waals surface area contributed by atoms with Crippen LogP contribution in [-0.2, 0) is 9.22 Å². The zero-order valence-corrected chi connectivity index (χ0v) is 28.9. The van der Waals surface area contributed by atoms with E-state index in [1.54, 1.807) is 17.0 Å². The van der Waals surface area contributed by atoms with Crippen LogP contribution < -0.4 is 5.32 Å². The Bertz CT molecular complexity index is 1500. The van der Waals surface area contributed by atoms with Crippen molar-refractivity contribution in [2.45, 2.75) is 77.6 Å². The Morgan fingerprint density at radius 2 is 1.78 bits per heavy atom. The molecule has 46 heavy (non-hydrogen) atoms. The van der Waals surface area contributed by atoms with Crippen LogP contribution in [0.5, 0.6) is 0 Å². The van der Waals surface area contributed by atoms with Crippen molar-refractivity contribution in [2.75, 3.05) is 32.8 Å². The molecule has 0 saturated carbocycles. The fourth-order valence-corrected chi connectivity index (χ4v) is 6.47. The van der Waals surface area contributed by atoms with Crippen LogP contribution in [0.15, 0.2) is 53.0 Å². The molecule has 3 N–H and O–H groups in total. The molecule has 1 unspecified atom stereocenters. The summed E-state index contributed by atoms with van der Waals surface area (Å²) >= 11 is 0. The maximum atomic E-state index is 13.9. The predicted molar refractivity (Wildman–Crippen MR) is 184 cm³/mol. The highest BCUT2D eigenvalue weighted by molar-refractivity contribution is 6.74. The Balaban J connectivity index is 1.54. The summed E-state index contributed by atoms with van der Waals surface area (Å²) < 4.78 is 6.33.